The van der Waals surface area contributed by atoms with Gasteiger partial charge in [-0.05, 0) is 19.9 Å². The van der Waals surface area contributed by atoms with Gasteiger partial charge in [-0.25, -0.2) is 19.4 Å². The highest BCUT2D eigenvalue weighted by Gasteiger charge is 2.11. The zero-order chi connectivity index (χ0) is 12.4. The van der Waals surface area contributed by atoms with Crippen LogP contribution in [0.25, 0.3) is 5.82 Å². The molecule has 0 aliphatic carbocycles. The zero-order valence-corrected chi connectivity index (χ0v) is 9.84. The Morgan fingerprint density at radius 1 is 1.41 bits per heavy atom. The van der Waals surface area contributed by atoms with Crippen molar-refractivity contribution in [3.05, 3.63) is 35.5 Å². The molecule has 2 heterocycles. The molecule has 0 saturated carbocycles. The summed E-state index contributed by atoms with van der Waals surface area (Å²) in [5.41, 5.74) is 1.83. The summed E-state index contributed by atoms with van der Waals surface area (Å²) in [6, 6.07) is 3.62. The number of esters is 1. The molecule has 0 aromatic carbocycles. The topological polar surface area (TPSA) is 69.9 Å². The Morgan fingerprint density at radius 3 is 2.76 bits per heavy atom. The first kappa shape index (κ1) is 11.3. The lowest BCUT2D eigenvalue weighted by Gasteiger charge is -2.04. The van der Waals surface area contributed by atoms with Crippen molar-refractivity contribution in [2.75, 3.05) is 7.11 Å². The predicted octanol–water partition coefficient (Wildman–Crippen LogP) is 1.07. The van der Waals surface area contributed by atoms with Crippen LogP contribution >= 0.6 is 0 Å². The van der Waals surface area contributed by atoms with Gasteiger partial charge in [-0.3, -0.25) is 0 Å². The number of aryl methyl sites for hydroxylation is 2. The number of ether oxygens (including phenoxy) is 1. The van der Waals surface area contributed by atoms with E-state index in [1.54, 1.807) is 10.7 Å². The Hall–Kier alpha value is -2.24. The first-order valence-corrected chi connectivity index (χ1v) is 5.07. The van der Waals surface area contributed by atoms with Crippen LogP contribution in [0.4, 0.5) is 0 Å². The molecule has 0 aliphatic heterocycles. The molecular formula is C11H12N4O2. The number of rotatable bonds is 2. The van der Waals surface area contributed by atoms with E-state index in [2.05, 4.69) is 19.8 Å². The van der Waals surface area contributed by atoms with Gasteiger partial charge in [-0.1, -0.05) is 0 Å². The van der Waals surface area contributed by atoms with Crippen LogP contribution < -0.4 is 0 Å². The van der Waals surface area contributed by atoms with Gasteiger partial charge in [0, 0.05) is 18.0 Å². The molecule has 88 valence electrons. The minimum atomic E-state index is -0.562. The molecule has 0 saturated heterocycles. The summed E-state index contributed by atoms with van der Waals surface area (Å²) < 4.78 is 6.23. The molecule has 0 amide bonds. The van der Waals surface area contributed by atoms with Crippen molar-refractivity contribution in [3.8, 4) is 5.82 Å². The molecular weight excluding hydrogens is 220 g/mol. The Kier molecular flexibility index (Phi) is 2.86. The summed E-state index contributed by atoms with van der Waals surface area (Å²) in [5.74, 6) is 0.0111. The van der Waals surface area contributed by atoms with E-state index in [0.29, 0.717) is 5.82 Å². The molecule has 0 atom stereocenters. The molecule has 2 aromatic heterocycles. The molecule has 0 aliphatic rings. The van der Waals surface area contributed by atoms with Gasteiger partial charge in [-0.15, -0.1) is 0 Å². The average Bonchev–Trinajstić information content (AvgIpc) is 2.67. The summed E-state index contributed by atoms with van der Waals surface area (Å²) in [6.07, 6.45) is 1.50. The van der Waals surface area contributed by atoms with E-state index in [-0.39, 0.29) is 5.82 Å². The van der Waals surface area contributed by atoms with Gasteiger partial charge in [0.05, 0.1) is 12.8 Å². The largest absolute Gasteiger partial charge is 0.463 e. The van der Waals surface area contributed by atoms with E-state index in [4.69, 9.17) is 0 Å². The number of carbonyl (C=O) groups is 1. The van der Waals surface area contributed by atoms with Gasteiger partial charge in [0.15, 0.2) is 5.82 Å². The fourth-order valence-corrected chi connectivity index (χ4v) is 1.52. The fourth-order valence-electron chi connectivity index (χ4n) is 1.52. The number of carbonyl (C=O) groups excluding carboxylic acids is 1. The normalized spacial score (nSPS) is 10.3. The van der Waals surface area contributed by atoms with Crippen molar-refractivity contribution < 1.29 is 9.53 Å². The second-order valence-corrected chi connectivity index (χ2v) is 3.57. The molecule has 0 bridgehead atoms. The second-order valence-electron chi connectivity index (χ2n) is 3.57. The number of methoxy groups -OCH3 is 1. The molecule has 0 spiro atoms. The smallest absolute Gasteiger partial charge is 0.376 e. The Bertz CT molecular complexity index is 562. The van der Waals surface area contributed by atoms with Crippen molar-refractivity contribution in [2.24, 2.45) is 0 Å². The van der Waals surface area contributed by atoms with Crippen LogP contribution in [0.1, 0.15) is 22.0 Å². The highest BCUT2D eigenvalue weighted by atomic mass is 16.5. The van der Waals surface area contributed by atoms with E-state index < -0.39 is 5.97 Å². The third-order valence-electron chi connectivity index (χ3n) is 2.24. The highest BCUT2D eigenvalue weighted by Crippen LogP contribution is 2.09. The monoisotopic (exact) mass is 232 g/mol. The number of hydrogen-bond donors (Lipinski definition) is 0. The number of aromatic nitrogens is 4. The zero-order valence-electron chi connectivity index (χ0n) is 9.84. The fraction of sp³-hybridized carbons (Fsp3) is 0.273. The Balaban J connectivity index is 2.46. The van der Waals surface area contributed by atoms with Crippen molar-refractivity contribution in [1.29, 1.82) is 0 Å². The quantitative estimate of drug-likeness (QED) is 0.724. The summed E-state index contributed by atoms with van der Waals surface area (Å²) in [7, 11) is 1.29. The van der Waals surface area contributed by atoms with E-state index >= 15 is 0 Å². The average molecular weight is 232 g/mol. The van der Waals surface area contributed by atoms with Crippen LogP contribution in [0.2, 0.25) is 0 Å². The maximum absolute atomic E-state index is 11.3. The molecule has 2 aromatic rings. The summed E-state index contributed by atoms with van der Waals surface area (Å²) in [6.45, 7) is 3.81. The third-order valence-corrected chi connectivity index (χ3v) is 2.24. The van der Waals surface area contributed by atoms with Crippen molar-refractivity contribution in [1.82, 2.24) is 19.7 Å². The molecule has 6 nitrogen and oxygen atoms in total. The van der Waals surface area contributed by atoms with E-state index in [9.17, 15) is 4.79 Å². The van der Waals surface area contributed by atoms with Crippen molar-refractivity contribution in [3.63, 3.8) is 0 Å². The van der Waals surface area contributed by atoms with Gasteiger partial charge in [0.1, 0.15) is 0 Å². The number of hydrogen-bond acceptors (Lipinski definition) is 5. The minimum Gasteiger partial charge on any atom is -0.463 e. The molecule has 2 rings (SSSR count). The Morgan fingerprint density at radius 2 is 2.18 bits per heavy atom. The van der Waals surface area contributed by atoms with E-state index in [1.165, 1.54) is 13.3 Å². The van der Waals surface area contributed by atoms with Gasteiger partial charge in [0.25, 0.3) is 0 Å². The molecule has 0 fully saturated rings. The Labute approximate surface area is 98.3 Å². The van der Waals surface area contributed by atoms with Crippen LogP contribution in [0, 0.1) is 13.8 Å². The molecule has 0 radical (unpaired) electrons. The second kappa shape index (κ2) is 4.32. The SMILES string of the molecule is COC(=O)c1nccc(-n2nc(C)cc2C)n1. The molecule has 0 N–H and O–H groups in total. The summed E-state index contributed by atoms with van der Waals surface area (Å²) in [5, 5.41) is 4.28. The predicted molar refractivity (Wildman–Crippen MR) is 60.0 cm³/mol. The minimum absolute atomic E-state index is 0.0255. The highest BCUT2D eigenvalue weighted by molar-refractivity contribution is 5.85. The van der Waals surface area contributed by atoms with Gasteiger partial charge < -0.3 is 4.74 Å². The lowest BCUT2D eigenvalue weighted by molar-refractivity contribution is 0.0586. The molecule has 6 heteroatoms. The third kappa shape index (κ3) is 2.15. The van der Waals surface area contributed by atoms with Crippen LogP contribution in [-0.4, -0.2) is 32.8 Å². The first-order valence-electron chi connectivity index (χ1n) is 5.07. The molecule has 0 unspecified atom stereocenters. The van der Waals surface area contributed by atoms with Crippen LogP contribution in [0.5, 0.6) is 0 Å². The van der Waals surface area contributed by atoms with Crippen molar-refractivity contribution >= 4 is 5.97 Å². The van der Waals surface area contributed by atoms with E-state index in [1.807, 2.05) is 19.9 Å². The maximum atomic E-state index is 11.3. The standard InChI is InChI=1S/C11H12N4O2/c1-7-6-8(2)15(14-7)9-4-5-12-10(13-9)11(16)17-3/h4-6H,1-3H3. The van der Waals surface area contributed by atoms with Gasteiger partial charge in [-0.2, -0.15) is 5.10 Å². The van der Waals surface area contributed by atoms with Gasteiger partial charge >= 0.3 is 5.97 Å². The lowest BCUT2D eigenvalue weighted by atomic mass is 10.4. The maximum Gasteiger partial charge on any atom is 0.376 e. The van der Waals surface area contributed by atoms with Crippen LogP contribution in [0.15, 0.2) is 18.3 Å². The van der Waals surface area contributed by atoms with E-state index in [0.717, 1.165) is 11.4 Å². The summed E-state index contributed by atoms with van der Waals surface area (Å²) in [4.78, 5) is 19.3. The summed E-state index contributed by atoms with van der Waals surface area (Å²) >= 11 is 0. The van der Waals surface area contributed by atoms with Crippen LogP contribution in [0.3, 0.4) is 0 Å². The van der Waals surface area contributed by atoms with Crippen LogP contribution in [-0.2, 0) is 4.74 Å². The molecule has 17 heavy (non-hydrogen) atoms. The number of nitrogens with zero attached hydrogens (tertiary/aromatic N) is 4. The van der Waals surface area contributed by atoms with Gasteiger partial charge in [0.2, 0.25) is 5.82 Å². The first-order chi connectivity index (χ1) is 8.11. The van der Waals surface area contributed by atoms with Crippen molar-refractivity contribution in [2.45, 2.75) is 13.8 Å². The lowest BCUT2D eigenvalue weighted by Crippen LogP contribution is -2.11.